The molecule has 4 aromatic rings. The molecule has 0 spiro atoms. The normalized spacial score (nSPS) is 14.4. The van der Waals surface area contributed by atoms with Crippen molar-refractivity contribution in [3.8, 4) is 0 Å². The number of amides is 2. The van der Waals surface area contributed by atoms with E-state index >= 15 is 0 Å². The number of anilines is 1. The van der Waals surface area contributed by atoms with Gasteiger partial charge in [-0.1, -0.05) is 94.4 Å². The maximum atomic E-state index is 14.2. The lowest BCUT2D eigenvalue weighted by Crippen LogP contribution is -2.44. The fraction of sp³-hybridized carbons (Fsp3) is 0.382. The van der Waals surface area contributed by atoms with Gasteiger partial charge in [-0.3, -0.25) is 4.90 Å². The molecule has 5 rings (SSSR count). The zero-order chi connectivity index (χ0) is 27.4. The number of fused-ring (bicyclic) bond motifs is 2. The van der Waals surface area contributed by atoms with Gasteiger partial charge in [0.25, 0.3) is 0 Å². The molecule has 39 heavy (non-hydrogen) atoms. The molecule has 0 unspecified atom stereocenters. The van der Waals surface area contributed by atoms with Gasteiger partial charge in [0.05, 0.1) is 13.2 Å². The third-order valence-electron chi connectivity index (χ3n) is 7.91. The van der Waals surface area contributed by atoms with Gasteiger partial charge >= 0.3 is 6.03 Å². The van der Waals surface area contributed by atoms with Crippen molar-refractivity contribution >= 4 is 33.3 Å². The van der Waals surface area contributed by atoms with E-state index in [-0.39, 0.29) is 6.03 Å². The molecule has 0 bridgehead atoms. The van der Waals surface area contributed by atoms with Crippen LogP contribution < -0.4 is 5.32 Å². The number of carbonyl (C=O) groups is 1. The standard InChI is InChI=1S/C34H41N3O2/c1-24(2)28-14-9-15-29(25(3)4)33(28)35-34(38)37(17-16-36-18-20-39-21-19-36)23-32-30-12-7-5-10-26(30)22-27-11-6-8-13-31(27)32/h5-15,22,24-25H,16-21,23H2,1-4H3,(H,35,38). The highest BCUT2D eigenvalue weighted by Crippen LogP contribution is 2.33. The molecule has 2 amide bonds. The molecule has 0 saturated carbocycles. The quantitative estimate of drug-likeness (QED) is 0.242. The summed E-state index contributed by atoms with van der Waals surface area (Å²) in [6.07, 6.45) is 0. The van der Waals surface area contributed by atoms with Crippen molar-refractivity contribution in [2.75, 3.05) is 44.7 Å². The minimum Gasteiger partial charge on any atom is -0.379 e. The third-order valence-corrected chi connectivity index (χ3v) is 7.91. The molecule has 5 nitrogen and oxygen atoms in total. The molecule has 1 aliphatic rings. The van der Waals surface area contributed by atoms with Crippen molar-refractivity contribution in [3.63, 3.8) is 0 Å². The van der Waals surface area contributed by atoms with Crippen LogP contribution in [0.5, 0.6) is 0 Å². The number of urea groups is 1. The van der Waals surface area contributed by atoms with E-state index in [4.69, 9.17) is 4.74 Å². The Labute approximate surface area is 232 Å². The lowest BCUT2D eigenvalue weighted by molar-refractivity contribution is 0.0349. The van der Waals surface area contributed by atoms with Crippen molar-refractivity contribution in [1.82, 2.24) is 9.80 Å². The maximum absolute atomic E-state index is 14.2. The van der Waals surface area contributed by atoms with Crippen LogP contribution >= 0.6 is 0 Å². The lowest BCUT2D eigenvalue weighted by atomic mass is 9.92. The zero-order valence-corrected chi connectivity index (χ0v) is 23.7. The number of morpholine rings is 1. The van der Waals surface area contributed by atoms with Gasteiger partial charge in [0.1, 0.15) is 0 Å². The van der Waals surface area contributed by atoms with Gasteiger partial charge in [-0.15, -0.1) is 0 Å². The Hall–Kier alpha value is -3.41. The summed E-state index contributed by atoms with van der Waals surface area (Å²) < 4.78 is 5.56. The zero-order valence-electron chi connectivity index (χ0n) is 23.7. The summed E-state index contributed by atoms with van der Waals surface area (Å²) in [5.41, 5.74) is 4.52. The number of para-hydroxylation sites is 1. The molecule has 1 aliphatic heterocycles. The molecule has 0 atom stereocenters. The Morgan fingerprint density at radius 2 is 1.41 bits per heavy atom. The molecule has 1 N–H and O–H groups in total. The summed E-state index contributed by atoms with van der Waals surface area (Å²) >= 11 is 0. The SMILES string of the molecule is CC(C)c1cccc(C(C)C)c1NC(=O)N(CCN1CCOCC1)Cc1c2ccccc2cc2ccccc12. The molecule has 4 aromatic carbocycles. The Morgan fingerprint density at radius 1 is 0.846 bits per heavy atom. The lowest BCUT2D eigenvalue weighted by Gasteiger charge is -2.31. The van der Waals surface area contributed by atoms with Crippen molar-refractivity contribution in [2.24, 2.45) is 0 Å². The van der Waals surface area contributed by atoms with Crippen LogP contribution in [0.15, 0.2) is 72.8 Å². The average Bonchev–Trinajstić information content (AvgIpc) is 2.95. The Balaban J connectivity index is 1.53. The fourth-order valence-corrected chi connectivity index (χ4v) is 5.69. The van der Waals surface area contributed by atoms with Gasteiger partial charge in [-0.2, -0.15) is 0 Å². The first-order valence-corrected chi connectivity index (χ1v) is 14.3. The van der Waals surface area contributed by atoms with E-state index in [1.165, 1.54) is 38.2 Å². The topological polar surface area (TPSA) is 44.8 Å². The van der Waals surface area contributed by atoms with Crippen LogP contribution in [0.1, 0.15) is 56.2 Å². The van der Waals surface area contributed by atoms with E-state index in [9.17, 15) is 4.79 Å². The summed E-state index contributed by atoms with van der Waals surface area (Å²) in [7, 11) is 0. The van der Waals surface area contributed by atoms with E-state index in [0.717, 1.165) is 38.5 Å². The average molecular weight is 524 g/mol. The first kappa shape index (κ1) is 27.2. The number of nitrogens with zero attached hydrogens (tertiary/aromatic N) is 2. The van der Waals surface area contributed by atoms with Gasteiger partial charge in [-0.05, 0) is 56.1 Å². The fourth-order valence-electron chi connectivity index (χ4n) is 5.69. The van der Waals surface area contributed by atoms with E-state index in [1.54, 1.807) is 0 Å². The molecule has 0 aliphatic carbocycles. The second-order valence-corrected chi connectivity index (χ2v) is 11.2. The van der Waals surface area contributed by atoms with Gasteiger partial charge < -0.3 is 15.0 Å². The Kier molecular flexibility index (Phi) is 8.49. The van der Waals surface area contributed by atoms with E-state index in [2.05, 4.69) is 111 Å². The van der Waals surface area contributed by atoms with Crippen LogP contribution in [0.4, 0.5) is 10.5 Å². The monoisotopic (exact) mass is 523 g/mol. The Morgan fingerprint density at radius 3 is 1.97 bits per heavy atom. The second-order valence-electron chi connectivity index (χ2n) is 11.2. The van der Waals surface area contributed by atoms with E-state index < -0.39 is 0 Å². The van der Waals surface area contributed by atoms with Crippen LogP contribution in [0.3, 0.4) is 0 Å². The first-order chi connectivity index (χ1) is 18.9. The van der Waals surface area contributed by atoms with Crippen molar-refractivity contribution in [2.45, 2.75) is 46.1 Å². The van der Waals surface area contributed by atoms with Crippen LogP contribution in [0.25, 0.3) is 21.5 Å². The van der Waals surface area contributed by atoms with Gasteiger partial charge in [0.2, 0.25) is 0 Å². The number of hydrogen-bond acceptors (Lipinski definition) is 3. The molecular weight excluding hydrogens is 482 g/mol. The number of rotatable bonds is 8. The smallest absolute Gasteiger partial charge is 0.322 e. The highest BCUT2D eigenvalue weighted by atomic mass is 16.5. The molecule has 5 heteroatoms. The number of ether oxygens (including phenoxy) is 1. The molecule has 1 fully saturated rings. The molecule has 0 aromatic heterocycles. The number of benzene rings is 4. The minimum atomic E-state index is -0.0460. The van der Waals surface area contributed by atoms with Crippen LogP contribution in [-0.2, 0) is 11.3 Å². The second kappa shape index (κ2) is 12.2. The highest BCUT2D eigenvalue weighted by molar-refractivity contribution is 6.02. The number of hydrogen-bond donors (Lipinski definition) is 1. The van der Waals surface area contributed by atoms with Gasteiger partial charge in [0, 0.05) is 38.4 Å². The number of carbonyl (C=O) groups excluding carboxylic acids is 1. The summed E-state index contributed by atoms with van der Waals surface area (Å²) in [6, 6.07) is 25.6. The van der Waals surface area contributed by atoms with Crippen molar-refractivity contribution < 1.29 is 9.53 Å². The van der Waals surface area contributed by atoms with E-state index in [0.29, 0.717) is 24.9 Å². The predicted octanol–water partition coefficient (Wildman–Crippen LogP) is 7.61. The summed E-state index contributed by atoms with van der Waals surface area (Å²) in [5, 5.41) is 8.19. The van der Waals surface area contributed by atoms with E-state index in [1.807, 2.05) is 4.90 Å². The molecule has 204 valence electrons. The first-order valence-electron chi connectivity index (χ1n) is 14.3. The molecule has 1 saturated heterocycles. The summed E-state index contributed by atoms with van der Waals surface area (Å²) in [5.74, 6) is 0.616. The third kappa shape index (κ3) is 6.10. The summed E-state index contributed by atoms with van der Waals surface area (Å²) in [4.78, 5) is 18.6. The van der Waals surface area contributed by atoms with Crippen molar-refractivity contribution in [3.05, 3.63) is 89.5 Å². The largest absolute Gasteiger partial charge is 0.379 e. The highest BCUT2D eigenvalue weighted by Gasteiger charge is 2.22. The van der Waals surface area contributed by atoms with Gasteiger partial charge in [-0.25, -0.2) is 4.79 Å². The van der Waals surface area contributed by atoms with Crippen LogP contribution in [-0.4, -0.2) is 55.2 Å². The maximum Gasteiger partial charge on any atom is 0.322 e. The number of nitrogens with one attached hydrogen (secondary N) is 1. The van der Waals surface area contributed by atoms with Gasteiger partial charge in [0.15, 0.2) is 0 Å². The van der Waals surface area contributed by atoms with Crippen LogP contribution in [0, 0.1) is 0 Å². The Bertz CT molecular complexity index is 1360. The molecule has 1 heterocycles. The summed E-state index contributed by atoms with van der Waals surface area (Å²) in [6.45, 7) is 14.1. The molecule has 0 radical (unpaired) electrons. The molecular formula is C34H41N3O2. The minimum absolute atomic E-state index is 0.0460. The van der Waals surface area contributed by atoms with Crippen molar-refractivity contribution in [1.29, 1.82) is 0 Å². The predicted molar refractivity (Wildman–Crippen MR) is 163 cm³/mol. The van der Waals surface area contributed by atoms with Crippen LogP contribution in [0.2, 0.25) is 0 Å².